The predicted octanol–water partition coefficient (Wildman–Crippen LogP) is 5.86. The minimum absolute atomic E-state index is 0.136. The lowest BCUT2D eigenvalue weighted by Crippen LogP contribution is -2.47. The molecule has 1 saturated heterocycles. The number of carbonyl (C=O) groups is 1. The number of benzene rings is 2. The topological polar surface area (TPSA) is 45.2 Å². The fraction of sp³-hybridized carbons (Fsp3) is 0.308. The third-order valence-corrected chi connectivity index (χ3v) is 5.61. The molecule has 8 heteroatoms. The monoisotopic (exact) mass is 473 g/mol. The molecule has 0 saturated carbocycles. The lowest BCUT2D eigenvalue weighted by molar-refractivity contribution is -0.137. The molecule has 1 aliphatic rings. The first-order chi connectivity index (χ1) is 16.0. The van der Waals surface area contributed by atoms with Gasteiger partial charge in [-0.2, -0.15) is 13.2 Å². The van der Waals surface area contributed by atoms with Gasteiger partial charge in [0.25, 0.3) is 0 Å². The number of hydrogen-bond acceptors (Lipinski definition) is 3. The summed E-state index contributed by atoms with van der Waals surface area (Å²) in [7, 11) is 0. The quantitative estimate of drug-likeness (QED) is 0.483. The predicted molar refractivity (Wildman–Crippen MR) is 124 cm³/mol. The van der Waals surface area contributed by atoms with Crippen LogP contribution in [-0.4, -0.2) is 23.5 Å². The van der Waals surface area contributed by atoms with Gasteiger partial charge in [0.05, 0.1) is 11.6 Å². The van der Waals surface area contributed by atoms with Gasteiger partial charge in [-0.1, -0.05) is 24.3 Å². The number of halogens is 4. The van der Waals surface area contributed by atoms with Crippen molar-refractivity contribution in [3.63, 3.8) is 0 Å². The average molecular weight is 474 g/mol. The summed E-state index contributed by atoms with van der Waals surface area (Å²) in [5.74, 6) is -0.314. The highest BCUT2D eigenvalue weighted by atomic mass is 19.4. The molecule has 180 valence electrons. The van der Waals surface area contributed by atoms with Crippen LogP contribution in [0.5, 0.6) is 0 Å². The van der Waals surface area contributed by atoms with Crippen LogP contribution in [0, 0.1) is 12.7 Å². The maximum atomic E-state index is 12.8. The Hall–Kier alpha value is -3.26. The standard InChI is InChI=1S/C20H22F3N3O.C6H5F/c1-13-4-5-15(12-24-13)19(2,3)25-17-10-11-26(18(17)27)16-8-6-14(7-9-16)20(21,22)23;7-6-4-2-1-3-5-6/h4-9,12,17,25H,10-11H2,1-3H3;1-5H. The van der Waals surface area contributed by atoms with Gasteiger partial charge >= 0.3 is 6.18 Å². The van der Waals surface area contributed by atoms with Crippen molar-refractivity contribution in [2.45, 2.75) is 44.9 Å². The van der Waals surface area contributed by atoms with E-state index in [0.29, 0.717) is 18.7 Å². The van der Waals surface area contributed by atoms with E-state index in [1.807, 2.05) is 32.9 Å². The second kappa shape index (κ2) is 10.3. The second-order valence-electron chi connectivity index (χ2n) is 8.63. The molecule has 1 N–H and O–H groups in total. The minimum Gasteiger partial charge on any atom is -0.311 e. The number of hydrogen-bond donors (Lipinski definition) is 1. The van der Waals surface area contributed by atoms with Crippen LogP contribution in [-0.2, 0) is 16.5 Å². The Morgan fingerprint density at radius 1 is 0.941 bits per heavy atom. The van der Waals surface area contributed by atoms with Gasteiger partial charge in [-0.15, -0.1) is 0 Å². The minimum atomic E-state index is -4.39. The average Bonchev–Trinajstić information content (AvgIpc) is 3.14. The van der Waals surface area contributed by atoms with Crippen molar-refractivity contribution >= 4 is 11.6 Å². The maximum Gasteiger partial charge on any atom is 0.416 e. The van der Waals surface area contributed by atoms with Gasteiger partial charge in [0.1, 0.15) is 5.82 Å². The molecule has 34 heavy (non-hydrogen) atoms. The van der Waals surface area contributed by atoms with Crippen LogP contribution in [0.4, 0.5) is 23.2 Å². The largest absolute Gasteiger partial charge is 0.416 e. The molecule has 2 heterocycles. The Bertz CT molecular complexity index is 1080. The lowest BCUT2D eigenvalue weighted by Gasteiger charge is -2.30. The first-order valence-electron chi connectivity index (χ1n) is 10.9. The molecule has 1 aliphatic heterocycles. The Morgan fingerprint density at radius 3 is 2.06 bits per heavy atom. The number of amides is 1. The van der Waals surface area contributed by atoms with E-state index in [0.717, 1.165) is 23.4 Å². The summed E-state index contributed by atoms with van der Waals surface area (Å²) in [6.45, 7) is 6.33. The second-order valence-corrected chi connectivity index (χ2v) is 8.63. The first kappa shape index (κ1) is 25.4. The number of aromatic nitrogens is 1. The van der Waals surface area contributed by atoms with Crippen molar-refractivity contribution in [1.29, 1.82) is 0 Å². The van der Waals surface area contributed by atoms with E-state index in [1.165, 1.54) is 29.2 Å². The Balaban J connectivity index is 0.000000396. The molecule has 0 spiro atoms. The van der Waals surface area contributed by atoms with Gasteiger partial charge in [-0.3, -0.25) is 15.1 Å². The molecular formula is C26H27F4N3O. The van der Waals surface area contributed by atoms with E-state index in [-0.39, 0.29) is 11.7 Å². The lowest BCUT2D eigenvalue weighted by atomic mass is 9.94. The van der Waals surface area contributed by atoms with Crippen molar-refractivity contribution in [2.75, 3.05) is 11.4 Å². The summed E-state index contributed by atoms with van der Waals surface area (Å²) < 4.78 is 50.0. The molecule has 1 fully saturated rings. The van der Waals surface area contributed by atoms with Crippen LogP contribution in [0.25, 0.3) is 0 Å². The SMILES string of the molecule is Cc1ccc(C(C)(C)NC2CCN(c3ccc(C(F)(F)F)cc3)C2=O)cn1.Fc1ccccc1. The summed E-state index contributed by atoms with van der Waals surface area (Å²) in [6.07, 6.45) is -2.01. The number of rotatable bonds is 4. The Morgan fingerprint density at radius 2 is 1.56 bits per heavy atom. The molecule has 1 atom stereocenters. The van der Waals surface area contributed by atoms with E-state index in [2.05, 4.69) is 10.3 Å². The third kappa shape index (κ3) is 6.41. The van der Waals surface area contributed by atoms with Crippen LogP contribution >= 0.6 is 0 Å². The van der Waals surface area contributed by atoms with E-state index in [9.17, 15) is 22.4 Å². The summed E-state index contributed by atoms with van der Waals surface area (Å²) in [5.41, 5.74) is 1.18. The molecule has 0 radical (unpaired) electrons. The zero-order chi connectivity index (χ0) is 24.9. The first-order valence-corrected chi connectivity index (χ1v) is 10.9. The smallest absolute Gasteiger partial charge is 0.311 e. The Kier molecular flexibility index (Phi) is 7.71. The number of aryl methyl sites for hydroxylation is 1. The van der Waals surface area contributed by atoms with E-state index in [1.54, 1.807) is 24.4 Å². The van der Waals surface area contributed by atoms with E-state index in [4.69, 9.17) is 0 Å². The molecule has 4 rings (SSSR count). The summed E-state index contributed by atoms with van der Waals surface area (Å²) in [4.78, 5) is 18.6. The number of alkyl halides is 3. The number of nitrogens with one attached hydrogen (secondary N) is 1. The van der Waals surface area contributed by atoms with Crippen LogP contribution in [0.1, 0.15) is 37.1 Å². The highest BCUT2D eigenvalue weighted by Crippen LogP contribution is 2.32. The van der Waals surface area contributed by atoms with Gasteiger partial charge in [-0.05, 0) is 75.2 Å². The third-order valence-electron chi connectivity index (χ3n) is 5.61. The molecule has 1 unspecified atom stereocenters. The highest BCUT2D eigenvalue weighted by molar-refractivity contribution is 5.99. The summed E-state index contributed by atoms with van der Waals surface area (Å²) >= 11 is 0. The maximum absolute atomic E-state index is 12.8. The number of nitrogens with zero attached hydrogens (tertiary/aromatic N) is 2. The van der Waals surface area contributed by atoms with Crippen molar-refractivity contribution < 1.29 is 22.4 Å². The van der Waals surface area contributed by atoms with Gasteiger partial charge in [-0.25, -0.2) is 4.39 Å². The zero-order valence-corrected chi connectivity index (χ0v) is 19.2. The number of pyridine rings is 1. The van der Waals surface area contributed by atoms with Gasteiger partial charge < -0.3 is 4.90 Å². The number of anilines is 1. The van der Waals surface area contributed by atoms with Crippen LogP contribution in [0.15, 0.2) is 72.9 Å². The molecule has 0 bridgehead atoms. The van der Waals surface area contributed by atoms with Gasteiger partial charge in [0, 0.05) is 29.7 Å². The molecule has 3 aromatic rings. The molecule has 4 nitrogen and oxygen atoms in total. The number of carbonyl (C=O) groups excluding carboxylic acids is 1. The van der Waals surface area contributed by atoms with E-state index >= 15 is 0 Å². The molecule has 2 aromatic carbocycles. The molecule has 1 aromatic heterocycles. The fourth-order valence-electron chi connectivity index (χ4n) is 3.67. The van der Waals surface area contributed by atoms with Crippen LogP contribution in [0.3, 0.4) is 0 Å². The molecule has 1 amide bonds. The van der Waals surface area contributed by atoms with Crippen molar-refractivity contribution in [3.8, 4) is 0 Å². The normalized spacial score (nSPS) is 16.3. The molecular weight excluding hydrogens is 446 g/mol. The van der Waals surface area contributed by atoms with E-state index < -0.39 is 23.3 Å². The molecule has 0 aliphatic carbocycles. The Labute approximate surface area is 196 Å². The zero-order valence-electron chi connectivity index (χ0n) is 19.2. The van der Waals surface area contributed by atoms with Crippen molar-refractivity contribution in [1.82, 2.24) is 10.3 Å². The van der Waals surface area contributed by atoms with Crippen LogP contribution in [0.2, 0.25) is 0 Å². The van der Waals surface area contributed by atoms with Crippen LogP contribution < -0.4 is 10.2 Å². The summed E-state index contributed by atoms with van der Waals surface area (Å²) in [6, 6.07) is 16.1. The summed E-state index contributed by atoms with van der Waals surface area (Å²) in [5, 5.41) is 3.36. The van der Waals surface area contributed by atoms with Crippen molar-refractivity contribution in [3.05, 3.63) is 95.6 Å². The van der Waals surface area contributed by atoms with Crippen molar-refractivity contribution in [2.24, 2.45) is 0 Å². The highest BCUT2D eigenvalue weighted by Gasteiger charge is 2.37. The fourth-order valence-corrected chi connectivity index (χ4v) is 3.67. The van der Waals surface area contributed by atoms with Gasteiger partial charge in [0.15, 0.2) is 0 Å². The van der Waals surface area contributed by atoms with Gasteiger partial charge in [0.2, 0.25) is 5.91 Å².